The first kappa shape index (κ1) is 12.1. The van der Waals surface area contributed by atoms with E-state index >= 15 is 0 Å². The fourth-order valence-corrected chi connectivity index (χ4v) is 3.12. The Morgan fingerprint density at radius 3 is 2.65 bits per heavy atom. The second kappa shape index (κ2) is 5.31. The monoisotopic (exact) mass is 251 g/mol. The molecule has 5 N–H and O–H groups in total. The van der Waals surface area contributed by atoms with Gasteiger partial charge in [0.25, 0.3) is 5.91 Å². The molecule has 2 rings (SSSR count). The molecule has 0 saturated carbocycles. The zero-order valence-corrected chi connectivity index (χ0v) is 10.4. The molecule has 1 atom stereocenters. The second-order valence-electron chi connectivity index (χ2n) is 4.23. The number of hydrogen-bond acceptors (Lipinski definition) is 4. The van der Waals surface area contributed by atoms with Crippen molar-refractivity contribution < 1.29 is 4.79 Å². The van der Waals surface area contributed by atoms with E-state index < -0.39 is 0 Å². The number of nitrogens with one attached hydrogen (secondary N) is 1. The minimum Gasteiger partial charge on any atom is -0.399 e. The first-order chi connectivity index (χ1) is 8.15. The Labute approximate surface area is 105 Å². The summed E-state index contributed by atoms with van der Waals surface area (Å²) in [5, 5.41) is 3.48. The van der Waals surface area contributed by atoms with Crippen LogP contribution in [0.25, 0.3) is 0 Å². The lowest BCUT2D eigenvalue weighted by Crippen LogP contribution is -2.29. The molecule has 1 aliphatic rings. The van der Waals surface area contributed by atoms with Gasteiger partial charge < -0.3 is 16.8 Å². The number of thioether (sulfide) groups is 1. The van der Waals surface area contributed by atoms with Crippen LogP contribution in [0, 0.1) is 0 Å². The average molecular weight is 251 g/mol. The van der Waals surface area contributed by atoms with Gasteiger partial charge in [-0.1, -0.05) is 0 Å². The lowest BCUT2D eigenvalue weighted by Gasteiger charge is -2.10. The predicted molar refractivity (Wildman–Crippen MR) is 73.1 cm³/mol. The van der Waals surface area contributed by atoms with Crippen molar-refractivity contribution in [2.75, 3.05) is 23.8 Å². The van der Waals surface area contributed by atoms with E-state index in [9.17, 15) is 4.79 Å². The molecular weight excluding hydrogens is 234 g/mol. The smallest absolute Gasteiger partial charge is 0.251 e. The standard InChI is InChI=1S/C12H17N3OS/c13-9-4-8(5-10(14)6-9)12(16)15-7-11-2-1-3-17-11/h4-6,11H,1-3,7,13-14H2,(H,15,16). The van der Waals surface area contributed by atoms with Crippen molar-refractivity contribution in [2.24, 2.45) is 0 Å². The van der Waals surface area contributed by atoms with E-state index in [2.05, 4.69) is 5.32 Å². The topological polar surface area (TPSA) is 81.1 Å². The SMILES string of the molecule is Nc1cc(N)cc(C(=O)NCC2CCCS2)c1. The Hall–Kier alpha value is -1.36. The van der Waals surface area contributed by atoms with E-state index in [1.54, 1.807) is 18.2 Å². The van der Waals surface area contributed by atoms with Crippen molar-refractivity contribution in [3.63, 3.8) is 0 Å². The minimum absolute atomic E-state index is 0.100. The van der Waals surface area contributed by atoms with Crippen LogP contribution < -0.4 is 16.8 Å². The molecule has 1 fully saturated rings. The Kier molecular flexibility index (Phi) is 3.78. The van der Waals surface area contributed by atoms with Crippen LogP contribution in [0.4, 0.5) is 11.4 Å². The van der Waals surface area contributed by atoms with Gasteiger partial charge in [-0.05, 0) is 36.8 Å². The molecule has 1 saturated heterocycles. The van der Waals surface area contributed by atoms with Gasteiger partial charge in [0, 0.05) is 28.7 Å². The third kappa shape index (κ3) is 3.30. The normalized spacial score (nSPS) is 19.2. The third-order valence-electron chi connectivity index (χ3n) is 2.75. The van der Waals surface area contributed by atoms with E-state index in [1.165, 1.54) is 18.6 Å². The summed E-state index contributed by atoms with van der Waals surface area (Å²) in [5.74, 6) is 1.10. The number of amides is 1. The van der Waals surface area contributed by atoms with Crippen LogP contribution >= 0.6 is 11.8 Å². The zero-order chi connectivity index (χ0) is 12.3. The van der Waals surface area contributed by atoms with Gasteiger partial charge in [-0.25, -0.2) is 0 Å². The highest BCUT2D eigenvalue weighted by Crippen LogP contribution is 2.25. The maximum atomic E-state index is 11.9. The van der Waals surface area contributed by atoms with Crippen molar-refractivity contribution in [3.8, 4) is 0 Å². The molecule has 17 heavy (non-hydrogen) atoms. The largest absolute Gasteiger partial charge is 0.399 e. The molecule has 0 spiro atoms. The number of carbonyl (C=O) groups excluding carboxylic acids is 1. The van der Waals surface area contributed by atoms with Crippen LogP contribution in [0.2, 0.25) is 0 Å². The van der Waals surface area contributed by atoms with Gasteiger partial charge in [0.2, 0.25) is 0 Å². The van der Waals surface area contributed by atoms with Crippen LogP contribution in [0.1, 0.15) is 23.2 Å². The first-order valence-corrected chi connectivity index (χ1v) is 6.76. The van der Waals surface area contributed by atoms with Crippen molar-refractivity contribution in [2.45, 2.75) is 18.1 Å². The molecule has 0 radical (unpaired) electrons. The summed E-state index contributed by atoms with van der Waals surface area (Å²) in [7, 11) is 0. The lowest BCUT2D eigenvalue weighted by molar-refractivity contribution is 0.0954. The van der Waals surface area contributed by atoms with Crippen molar-refractivity contribution in [1.82, 2.24) is 5.32 Å². The molecule has 0 bridgehead atoms. The highest BCUT2D eigenvalue weighted by molar-refractivity contribution is 8.00. The zero-order valence-electron chi connectivity index (χ0n) is 9.61. The highest BCUT2D eigenvalue weighted by Gasteiger charge is 2.16. The molecule has 1 heterocycles. The molecule has 0 aliphatic carbocycles. The molecule has 1 aliphatic heterocycles. The molecule has 5 heteroatoms. The number of hydrogen-bond donors (Lipinski definition) is 3. The highest BCUT2D eigenvalue weighted by atomic mass is 32.2. The number of anilines is 2. The van der Waals surface area contributed by atoms with Gasteiger partial charge >= 0.3 is 0 Å². The van der Waals surface area contributed by atoms with Crippen LogP contribution in [0.15, 0.2) is 18.2 Å². The van der Waals surface area contributed by atoms with Crippen molar-refractivity contribution in [1.29, 1.82) is 0 Å². The van der Waals surface area contributed by atoms with Crippen LogP contribution in [0.3, 0.4) is 0 Å². The molecule has 4 nitrogen and oxygen atoms in total. The maximum absolute atomic E-state index is 11.9. The van der Waals surface area contributed by atoms with Gasteiger partial charge in [-0.15, -0.1) is 0 Å². The summed E-state index contributed by atoms with van der Waals surface area (Å²) in [6.07, 6.45) is 2.43. The van der Waals surface area contributed by atoms with Gasteiger partial charge in [-0.2, -0.15) is 11.8 Å². The Bertz CT molecular complexity index is 396. The van der Waals surface area contributed by atoms with E-state index in [-0.39, 0.29) is 5.91 Å². The van der Waals surface area contributed by atoms with Gasteiger partial charge in [0.05, 0.1) is 0 Å². The van der Waals surface area contributed by atoms with Crippen molar-refractivity contribution in [3.05, 3.63) is 23.8 Å². The fraction of sp³-hybridized carbons (Fsp3) is 0.417. The van der Waals surface area contributed by atoms with Gasteiger partial charge in [0.1, 0.15) is 0 Å². The van der Waals surface area contributed by atoms with Crippen LogP contribution in [0.5, 0.6) is 0 Å². The van der Waals surface area contributed by atoms with E-state index in [4.69, 9.17) is 11.5 Å². The third-order valence-corrected chi connectivity index (χ3v) is 4.15. The summed E-state index contributed by atoms with van der Waals surface area (Å²) in [6, 6.07) is 4.94. The van der Waals surface area contributed by atoms with Gasteiger partial charge in [-0.3, -0.25) is 4.79 Å². The number of rotatable bonds is 3. The summed E-state index contributed by atoms with van der Waals surface area (Å²) < 4.78 is 0. The van der Waals surface area contributed by atoms with E-state index in [0.29, 0.717) is 22.2 Å². The van der Waals surface area contributed by atoms with E-state index in [0.717, 1.165) is 6.54 Å². The Morgan fingerprint density at radius 2 is 2.06 bits per heavy atom. The summed E-state index contributed by atoms with van der Waals surface area (Å²) >= 11 is 1.92. The van der Waals surface area contributed by atoms with Crippen LogP contribution in [-0.2, 0) is 0 Å². The first-order valence-electron chi connectivity index (χ1n) is 5.71. The summed E-state index contributed by atoms with van der Waals surface area (Å²) in [6.45, 7) is 0.720. The number of benzene rings is 1. The summed E-state index contributed by atoms with van der Waals surface area (Å²) in [4.78, 5) is 11.9. The molecule has 1 unspecified atom stereocenters. The predicted octanol–water partition coefficient (Wildman–Crippen LogP) is 1.48. The molecule has 1 aromatic rings. The second-order valence-corrected chi connectivity index (χ2v) is 5.64. The molecule has 0 aromatic heterocycles. The number of nitrogen functional groups attached to an aromatic ring is 2. The molecule has 1 aromatic carbocycles. The maximum Gasteiger partial charge on any atom is 0.251 e. The minimum atomic E-state index is -0.100. The van der Waals surface area contributed by atoms with E-state index in [1.807, 2.05) is 11.8 Å². The Morgan fingerprint density at radius 1 is 1.35 bits per heavy atom. The lowest BCUT2D eigenvalue weighted by atomic mass is 10.1. The number of nitrogens with two attached hydrogens (primary N) is 2. The summed E-state index contributed by atoms with van der Waals surface area (Å²) in [5.41, 5.74) is 12.9. The van der Waals surface area contributed by atoms with Gasteiger partial charge in [0.15, 0.2) is 0 Å². The molecule has 1 amide bonds. The molecular formula is C12H17N3OS. The average Bonchev–Trinajstić information content (AvgIpc) is 2.77. The fourth-order valence-electron chi connectivity index (χ4n) is 1.92. The van der Waals surface area contributed by atoms with Crippen LogP contribution in [-0.4, -0.2) is 23.5 Å². The quantitative estimate of drug-likeness (QED) is 0.711. The Balaban J connectivity index is 1.94. The van der Waals surface area contributed by atoms with Crippen molar-refractivity contribution >= 4 is 29.0 Å². The molecule has 92 valence electrons. The number of carbonyl (C=O) groups is 1.